The van der Waals surface area contributed by atoms with E-state index in [9.17, 15) is 22.4 Å². The molecule has 7 nitrogen and oxygen atoms in total. The maximum Gasteiger partial charge on any atom is 0.264 e. The summed E-state index contributed by atoms with van der Waals surface area (Å²) in [5.41, 5.74) is 2.93. The van der Waals surface area contributed by atoms with E-state index in [1.807, 2.05) is 43.3 Å². The number of halogens is 1. The molecule has 4 rings (SSSR count). The molecule has 218 valence electrons. The number of carbonyl (C=O) groups is 2. The first-order valence-electron chi connectivity index (χ1n) is 13.5. The monoisotopic (exact) mass is 587 g/mol. The third-order valence-electron chi connectivity index (χ3n) is 7.05. The van der Waals surface area contributed by atoms with Crippen molar-refractivity contribution in [3.8, 4) is 0 Å². The normalized spacial score (nSPS) is 11.9. The number of rotatable bonds is 11. The molecule has 0 aliphatic heterocycles. The minimum absolute atomic E-state index is 0.0190. The standard InChI is InChI=1S/C33H34FN3O4S/c1-24-18-19-30(25(2)20-24)37(42(40,41)28-15-8-5-9-16-28)23-32(38)36(22-27-14-10-11-17-29(27)34)31(33(39)35-3)21-26-12-6-4-7-13-26/h4-20,31H,21-23H2,1-3H3,(H,35,39)/t31-/m1/s1. The van der Waals surface area contributed by atoms with E-state index in [2.05, 4.69) is 5.32 Å². The molecule has 1 atom stereocenters. The highest BCUT2D eigenvalue weighted by Gasteiger charge is 2.35. The van der Waals surface area contributed by atoms with E-state index in [1.54, 1.807) is 55.5 Å². The smallest absolute Gasteiger partial charge is 0.264 e. The number of sulfonamides is 1. The van der Waals surface area contributed by atoms with Gasteiger partial charge in [-0.05, 0) is 49.2 Å². The molecule has 0 heterocycles. The zero-order valence-electron chi connectivity index (χ0n) is 23.8. The number of likely N-dealkylation sites (N-methyl/N-ethyl adjacent to an activating group) is 1. The first kappa shape index (κ1) is 30.5. The minimum atomic E-state index is -4.20. The van der Waals surface area contributed by atoms with Gasteiger partial charge in [-0.15, -0.1) is 0 Å². The van der Waals surface area contributed by atoms with Crippen LogP contribution in [0.5, 0.6) is 0 Å². The van der Waals surface area contributed by atoms with Gasteiger partial charge in [-0.2, -0.15) is 0 Å². The molecule has 0 aliphatic carbocycles. The topological polar surface area (TPSA) is 86.8 Å². The summed E-state index contributed by atoms with van der Waals surface area (Å²) in [6.07, 6.45) is 0.149. The first-order valence-corrected chi connectivity index (χ1v) is 15.0. The summed E-state index contributed by atoms with van der Waals surface area (Å²) in [5.74, 6) is -1.64. The molecule has 0 saturated heterocycles. The van der Waals surface area contributed by atoms with E-state index in [1.165, 1.54) is 30.1 Å². The fourth-order valence-corrected chi connectivity index (χ4v) is 6.35. The molecule has 0 saturated carbocycles. The largest absolute Gasteiger partial charge is 0.357 e. The maximum absolute atomic E-state index is 14.9. The molecular weight excluding hydrogens is 553 g/mol. The molecule has 0 aliphatic rings. The zero-order valence-corrected chi connectivity index (χ0v) is 24.6. The van der Waals surface area contributed by atoms with Gasteiger partial charge in [0.25, 0.3) is 10.0 Å². The summed E-state index contributed by atoms with van der Waals surface area (Å²) in [6, 6.07) is 27.3. The molecule has 42 heavy (non-hydrogen) atoms. The third kappa shape index (κ3) is 7.03. The van der Waals surface area contributed by atoms with E-state index in [0.29, 0.717) is 11.3 Å². The predicted octanol–water partition coefficient (Wildman–Crippen LogP) is 5.02. The molecule has 0 bridgehead atoms. The Kier molecular flexibility index (Phi) is 9.75. The predicted molar refractivity (Wildman–Crippen MR) is 162 cm³/mol. The van der Waals surface area contributed by atoms with Crippen LogP contribution in [0.3, 0.4) is 0 Å². The lowest BCUT2D eigenvalue weighted by molar-refractivity contribution is -0.139. The van der Waals surface area contributed by atoms with Gasteiger partial charge in [0.2, 0.25) is 11.8 Å². The highest BCUT2D eigenvalue weighted by Crippen LogP contribution is 2.28. The first-order chi connectivity index (χ1) is 20.1. The number of amides is 2. The molecule has 0 fully saturated rings. The van der Waals surface area contributed by atoms with Gasteiger partial charge in [-0.1, -0.05) is 84.4 Å². The Balaban J connectivity index is 1.81. The Morgan fingerprint density at radius 3 is 2.10 bits per heavy atom. The van der Waals surface area contributed by atoms with Crippen molar-refractivity contribution in [1.82, 2.24) is 10.2 Å². The van der Waals surface area contributed by atoms with Crippen LogP contribution in [-0.2, 0) is 32.6 Å². The quantitative estimate of drug-likeness (QED) is 0.267. The number of carbonyl (C=O) groups excluding carboxylic acids is 2. The number of hydrogen-bond acceptors (Lipinski definition) is 4. The van der Waals surface area contributed by atoms with E-state index in [4.69, 9.17) is 0 Å². The number of hydrogen-bond donors (Lipinski definition) is 1. The van der Waals surface area contributed by atoms with Gasteiger partial charge in [0.15, 0.2) is 0 Å². The van der Waals surface area contributed by atoms with E-state index < -0.39 is 40.2 Å². The third-order valence-corrected chi connectivity index (χ3v) is 8.82. The van der Waals surface area contributed by atoms with Crippen LogP contribution in [0.1, 0.15) is 22.3 Å². The van der Waals surface area contributed by atoms with Crippen LogP contribution in [0, 0.1) is 19.7 Å². The van der Waals surface area contributed by atoms with Crippen molar-refractivity contribution in [3.63, 3.8) is 0 Å². The average molecular weight is 588 g/mol. The van der Waals surface area contributed by atoms with Crippen molar-refractivity contribution < 1.29 is 22.4 Å². The number of nitrogens with zero attached hydrogens (tertiary/aromatic N) is 2. The van der Waals surface area contributed by atoms with Crippen LogP contribution in [-0.4, -0.2) is 44.8 Å². The molecule has 1 N–H and O–H groups in total. The van der Waals surface area contributed by atoms with Gasteiger partial charge in [-0.25, -0.2) is 12.8 Å². The van der Waals surface area contributed by atoms with Crippen molar-refractivity contribution in [3.05, 3.63) is 131 Å². The van der Waals surface area contributed by atoms with E-state index >= 15 is 0 Å². The van der Waals surface area contributed by atoms with Crippen LogP contribution >= 0.6 is 0 Å². The summed E-state index contributed by atoms with van der Waals surface area (Å²) in [5, 5.41) is 2.62. The second-order valence-corrected chi connectivity index (χ2v) is 11.9. The molecule has 0 unspecified atom stereocenters. The van der Waals surface area contributed by atoms with Gasteiger partial charge in [-0.3, -0.25) is 13.9 Å². The van der Waals surface area contributed by atoms with Crippen LogP contribution in [0.2, 0.25) is 0 Å². The Bertz CT molecular complexity index is 1650. The average Bonchev–Trinajstić information content (AvgIpc) is 2.99. The van der Waals surface area contributed by atoms with Gasteiger partial charge in [0.05, 0.1) is 10.6 Å². The molecule has 4 aromatic rings. The van der Waals surface area contributed by atoms with Gasteiger partial charge in [0, 0.05) is 25.6 Å². The lowest BCUT2D eigenvalue weighted by atomic mass is 10.0. The molecule has 0 aromatic heterocycles. The summed E-state index contributed by atoms with van der Waals surface area (Å²) in [4.78, 5) is 28.8. The number of aryl methyl sites for hydroxylation is 2. The van der Waals surface area contributed by atoms with E-state index in [0.717, 1.165) is 15.4 Å². The van der Waals surface area contributed by atoms with Gasteiger partial charge >= 0.3 is 0 Å². The van der Waals surface area contributed by atoms with Crippen molar-refractivity contribution in [2.75, 3.05) is 17.9 Å². The van der Waals surface area contributed by atoms with Gasteiger partial charge in [0.1, 0.15) is 18.4 Å². The molecule has 4 aromatic carbocycles. The van der Waals surface area contributed by atoms with Crippen molar-refractivity contribution in [2.45, 2.75) is 37.8 Å². The zero-order chi connectivity index (χ0) is 30.3. The van der Waals surface area contributed by atoms with Crippen molar-refractivity contribution in [2.24, 2.45) is 0 Å². The highest BCUT2D eigenvalue weighted by atomic mass is 32.2. The second kappa shape index (κ2) is 13.4. The molecule has 0 radical (unpaired) electrons. The summed E-state index contributed by atoms with van der Waals surface area (Å²) >= 11 is 0. The summed E-state index contributed by atoms with van der Waals surface area (Å²) in [6.45, 7) is 2.84. The molecular formula is C33H34FN3O4S. The fraction of sp³-hybridized carbons (Fsp3) is 0.212. The van der Waals surface area contributed by atoms with Crippen LogP contribution in [0.15, 0.2) is 108 Å². The van der Waals surface area contributed by atoms with Crippen molar-refractivity contribution >= 4 is 27.5 Å². The van der Waals surface area contributed by atoms with Gasteiger partial charge < -0.3 is 10.2 Å². The minimum Gasteiger partial charge on any atom is -0.357 e. The Labute approximate surface area is 246 Å². The molecule has 2 amide bonds. The SMILES string of the molecule is CNC(=O)[C@@H](Cc1ccccc1)N(Cc1ccccc1F)C(=O)CN(c1ccc(C)cc1C)S(=O)(=O)c1ccccc1. The Morgan fingerprint density at radius 1 is 0.857 bits per heavy atom. The lowest BCUT2D eigenvalue weighted by Crippen LogP contribution is -2.53. The summed E-state index contributed by atoms with van der Waals surface area (Å²) in [7, 11) is -2.73. The fourth-order valence-electron chi connectivity index (χ4n) is 4.85. The van der Waals surface area contributed by atoms with Crippen molar-refractivity contribution in [1.29, 1.82) is 0 Å². The second-order valence-electron chi connectivity index (χ2n) is 10.0. The number of nitrogens with one attached hydrogen (secondary N) is 1. The van der Waals surface area contributed by atoms with Crippen LogP contribution < -0.4 is 9.62 Å². The Morgan fingerprint density at radius 2 is 1.48 bits per heavy atom. The number of anilines is 1. The van der Waals surface area contributed by atoms with Crippen LogP contribution in [0.25, 0.3) is 0 Å². The molecule has 9 heteroatoms. The highest BCUT2D eigenvalue weighted by molar-refractivity contribution is 7.92. The Hall–Kier alpha value is -4.50. The van der Waals surface area contributed by atoms with E-state index in [-0.39, 0.29) is 23.4 Å². The lowest BCUT2D eigenvalue weighted by Gasteiger charge is -2.34. The summed E-state index contributed by atoms with van der Waals surface area (Å²) < 4.78 is 44.0. The number of benzene rings is 4. The maximum atomic E-state index is 14.9. The van der Waals surface area contributed by atoms with Crippen LogP contribution in [0.4, 0.5) is 10.1 Å². The molecule has 0 spiro atoms.